The van der Waals surface area contributed by atoms with Crippen LogP contribution >= 0.6 is 0 Å². The highest BCUT2D eigenvalue weighted by Crippen LogP contribution is 2.42. The van der Waals surface area contributed by atoms with E-state index in [9.17, 15) is 0 Å². The summed E-state index contributed by atoms with van der Waals surface area (Å²) >= 11 is 0. The van der Waals surface area contributed by atoms with Gasteiger partial charge in [0.2, 0.25) is 0 Å². The van der Waals surface area contributed by atoms with E-state index in [0.717, 1.165) is 19.5 Å². The molecule has 2 heterocycles. The fourth-order valence-electron chi connectivity index (χ4n) is 3.91. The van der Waals surface area contributed by atoms with Crippen LogP contribution in [0.15, 0.2) is 24.3 Å². The first-order valence-electron chi connectivity index (χ1n) is 7.60. The van der Waals surface area contributed by atoms with Crippen molar-refractivity contribution in [3.8, 4) is 0 Å². The summed E-state index contributed by atoms with van der Waals surface area (Å²) in [5.41, 5.74) is 8.90. The number of hydrogen-bond acceptors (Lipinski definition) is 3. The third-order valence-electron chi connectivity index (χ3n) is 5.06. The molecule has 3 rings (SSSR count). The van der Waals surface area contributed by atoms with Gasteiger partial charge in [0.05, 0.1) is 11.2 Å². The average molecular weight is 274 g/mol. The highest BCUT2D eigenvalue weighted by atomic mass is 16.5. The molecule has 0 amide bonds. The number of ether oxygens (including phenoxy) is 1. The van der Waals surface area contributed by atoms with Gasteiger partial charge in [-0.05, 0) is 45.7 Å². The van der Waals surface area contributed by atoms with Gasteiger partial charge in [-0.25, -0.2) is 0 Å². The van der Waals surface area contributed by atoms with Crippen LogP contribution in [-0.4, -0.2) is 30.3 Å². The quantitative estimate of drug-likeness (QED) is 0.901. The molecule has 0 radical (unpaired) electrons. The number of nitrogens with two attached hydrogens (primary N) is 1. The number of anilines is 1. The molecule has 1 fully saturated rings. The molecule has 0 spiro atoms. The molecule has 2 atom stereocenters. The summed E-state index contributed by atoms with van der Waals surface area (Å²) in [6, 6.07) is 8.78. The van der Waals surface area contributed by atoms with E-state index in [2.05, 4.69) is 56.9 Å². The summed E-state index contributed by atoms with van der Waals surface area (Å²) in [6.45, 7) is 10.6. The standard InChI is InChI=1S/C17H26N2O/c1-16(2)13(15(18)17(3,4)20-16)11-19-10-9-12-7-5-6-8-14(12)19/h5-8,13,15H,9-11,18H2,1-4H3. The minimum absolute atomic E-state index is 0.0743. The SMILES string of the molecule is CC1(C)OC(C)(C)C(CN2CCc3ccccc32)C1N. The zero-order chi connectivity index (χ0) is 14.5. The van der Waals surface area contributed by atoms with Gasteiger partial charge in [-0.1, -0.05) is 18.2 Å². The molecule has 2 aliphatic heterocycles. The Hall–Kier alpha value is -1.06. The molecule has 3 heteroatoms. The van der Waals surface area contributed by atoms with E-state index in [0.29, 0.717) is 5.92 Å². The van der Waals surface area contributed by atoms with Crippen molar-refractivity contribution in [3.63, 3.8) is 0 Å². The summed E-state index contributed by atoms with van der Waals surface area (Å²) in [5, 5.41) is 0. The molecular weight excluding hydrogens is 248 g/mol. The monoisotopic (exact) mass is 274 g/mol. The molecular formula is C17H26N2O. The van der Waals surface area contributed by atoms with Crippen molar-refractivity contribution >= 4 is 5.69 Å². The molecule has 1 aromatic carbocycles. The van der Waals surface area contributed by atoms with Crippen molar-refractivity contribution in [1.29, 1.82) is 0 Å². The zero-order valence-corrected chi connectivity index (χ0v) is 13.0. The third kappa shape index (κ3) is 2.13. The summed E-state index contributed by atoms with van der Waals surface area (Å²) in [5.74, 6) is 0.351. The Morgan fingerprint density at radius 2 is 1.90 bits per heavy atom. The van der Waals surface area contributed by atoms with E-state index in [-0.39, 0.29) is 17.2 Å². The number of para-hydroxylation sites is 1. The van der Waals surface area contributed by atoms with Crippen LogP contribution in [-0.2, 0) is 11.2 Å². The van der Waals surface area contributed by atoms with Crippen molar-refractivity contribution in [2.45, 2.75) is 51.4 Å². The van der Waals surface area contributed by atoms with E-state index in [1.165, 1.54) is 11.3 Å². The predicted molar refractivity (Wildman–Crippen MR) is 83.1 cm³/mol. The maximum atomic E-state index is 6.48. The van der Waals surface area contributed by atoms with E-state index in [1.807, 2.05) is 0 Å². The second kappa shape index (κ2) is 4.47. The second-order valence-electron chi connectivity index (χ2n) is 7.27. The van der Waals surface area contributed by atoms with Crippen molar-refractivity contribution in [3.05, 3.63) is 29.8 Å². The lowest BCUT2D eigenvalue weighted by Crippen LogP contribution is -2.48. The Bertz CT molecular complexity index is 509. The molecule has 0 bridgehead atoms. The largest absolute Gasteiger partial charge is 0.371 e. The van der Waals surface area contributed by atoms with Crippen LogP contribution in [0.1, 0.15) is 33.3 Å². The molecule has 110 valence electrons. The molecule has 20 heavy (non-hydrogen) atoms. The van der Waals surface area contributed by atoms with Crippen molar-refractivity contribution in [1.82, 2.24) is 0 Å². The molecule has 0 saturated carbocycles. The number of hydrogen-bond donors (Lipinski definition) is 1. The lowest BCUT2D eigenvalue weighted by atomic mass is 9.82. The first-order chi connectivity index (χ1) is 9.31. The van der Waals surface area contributed by atoms with E-state index in [4.69, 9.17) is 10.5 Å². The molecule has 1 aromatic rings. The average Bonchev–Trinajstić information content (AvgIpc) is 2.82. The van der Waals surface area contributed by atoms with E-state index in [1.54, 1.807) is 0 Å². The number of rotatable bonds is 2. The first-order valence-corrected chi connectivity index (χ1v) is 7.60. The van der Waals surface area contributed by atoms with Gasteiger partial charge >= 0.3 is 0 Å². The van der Waals surface area contributed by atoms with Crippen LogP contribution in [0.4, 0.5) is 5.69 Å². The highest BCUT2D eigenvalue weighted by molar-refractivity contribution is 5.57. The number of benzene rings is 1. The van der Waals surface area contributed by atoms with Crippen LogP contribution in [0.5, 0.6) is 0 Å². The summed E-state index contributed by atoms with van der Waals surface area (Å²) in [4.78, 5) is 2.48. The zero-order valence-electron chi connectivity index (χ0n) is 13.0. The first kappa shape index (κ1) is 13.9. The van der Waals surface area contributed by atoms with Crippen LogP contribution in [0.25, 0.3) is 0 Å². The Balaban J connectivity index is 1.82. The minimum atomic E-state index is -0.243. The fraction of sp³-hybridized carbons (Fsp3) is 0.647. The smallest absolute Gasteiger partial charge is 0.0788 e. The third-order valence-corrected chi connectivity index (χ3v) is 5.06. The molecule has 2 aliphatic rings. The number of fused-ring (bicyclic) bond motifs is 1. The minimum Gasteiger partial charge on any atom is -0.371 e. The lowest BCUT2D eigenvalue weighted by Gasteiger charge is -2.32. The van der Waals surface area contributed by atoms with Gasteiger partial charge < -0.3 is 15.4 Å². The van der Waals surface area contributed by atoms with Gasteiger partial charge in [-0.2, -0.15) is 0 Å². The van der Waals surface area contributed by atoms with Gasteiger partial charge in [0.25, 0.3) is 0 Å². The predicted octanol–water partition coefficient (Wildman–Crippen LogP) is 2.58. The van der Waals surface area contributed by atoms with Gasteiger partial charge in [-0.3, -0.25) is 0 Å². The second-order valence-corrected chi connectivity index (χ2v) is 7.27. The van der Waals surface area contributed by atoms with Crippen LogP contribution in [0.3, 0.4) is 0 Å². The highest BCUT2D eigenvalue weighted by Gasteiger charge is 2.52. The maximum absolute atomic E-state index is 6.48. The number of nitrogens with zero attached hydrogens (tertiary/aromatic N) is 1. The van der Waals surface area contributed by atoms with Crippen molar-refractivity contribution < 1.29 is 4.74 Å². The molecule has 0 aromatic heterocycles. The summed E-state index contributed by atoms with van der Waals surface area (Å²) < 4.78 is 6.21. The molecule has 3 nitrogen and oxygen atoms in total. The Morgan fingerprint density at radius 3 is 2.55 bits per heavy atom. The summed E-state index contributed by atoms with van der Waals surface area (Å²) in [7, 11) is 0. The Kier molecular flexibility index (Phi) is 3.11. The van der Waals surface area contributed by atoms with Gasteiger partial charge in [0.15, 0.2) is 0 Å². The summed E-state index contributed by atoms with van der Waals surface area (Å²) in [6.07, 6.45) is 1.14. The van der Waals surface area contributed by atoms with Gasteiger partial charge in [-0.15, -0.1) is 0 Å². The molecule has 1 saturated heterocycles. The normalized spacial score (nSPS) is 30.6. The Labute approximate surface area is 122 Å². The van der Waals surface area contributed by atoms with E-state index < -0.39 is 0 Å². The molecule has 2 unspecified atom stereocenters. The van der Waals surface area contributed by atoms with Crippen LogP contribution in [0, 0.1) is 5.92 Å². The topological polar surface area (TPSA) is 38.5 Å². The molecule has 2 N–H and O–H groups in total. The van der Waals surface area contributed by atoms with Crippen LogP contribution in [0.2, 0.25) is 0 Å². The van der Waals surface area contributed by atoms with E-state index >= 15 is 0 Å². The van der Waals surface area contributed by atoms with Gasteiger partial charge in [0.1, 0.15) is 0 Å². The van der Waals surface area contributed by atoms with Crippen molar-refractivity contribution in [2.24, 2.45) is 11.7 Å². The Morgan fingerprint density at radius 1 is 1.20 bits per heavy atom. The fourth-order valence-corrected chi connectivity index (χ4v) is 3.91. The maximum Gasteiger partial charge on any atom is 0.0788 e. The van der Waals surface area contributed by atoms with Crippen molar-refractivity contribution in [2.75, 3.05) is 18.0 Å². The molecule has 0 aliphatic carbocycles. The lowest BCUT2D eigenvalue weighted by molar-refractivity contribution is -0.0756. The van der Waals surface area contributed by atoms with Gasteiger partial charge in [0, 0.05) is 30.7 Å². The van der Waals surface area contributed by atoms with Crippen LogP contribution < -0.4 is 10.6 Å².